The van der Waals surface area contributed by atoms with Gasteiger partial charge in [-0.2, -0.15) is 0 Å². The number of aromatic nitrogens is 1. The summed E-state index contributed by atoms with van der Waals surface area (Å²) in [6.45, 7) is 4.03. The molecule has 2 N–H and O–H groups in total. The van der Waals surface area contributed by atoms with Gasteiger partial charge in [0.1, 0.15) is 5.82 Å². The number of nitrogen functional groups attached to an aromatic ring is 1. The van der Waals surface area contributed by atoms with Crippen molar-refractivity contribution in [3.05, 3.63) is 28.6 Å². The summed E-state index contributed by atoms with van der Waals surface area (Å²) in [5.41, 5.74) is 5.54. The molecule has 1 heterocycles. The fourth-order valence-corrected chi connectivity index (χ4v) is 0.979. The van der Waals surface area contributed by atoms with Crippen molar-refractivity contribution in [2.75, 3.05) is 5.73 Å². The maximum absolute atomic E-state index is 10.8. The lowest BCUT2D eigenvalue weighted by molar-refractivity contribution is 0.604. The number of rotatable bonds is 1. The first kappa shape index (κ1) is 7.85. The second-order valence-corrected chi connectivity index (χ2v) is 2.79. The van der Waals surface area contributed by atoms with Crippen LogP contribution in [0.25, 0.3) is 0 Å². The number of anilines is 1. The molecule has 11 heavy (non-hydrogen) atoms. The first-order chi connectivity index (χ1) is 5.11. The summed E-state index contributed by atoms with van der Waals surface area (Å²) < 4.78 is 1.85. The predicted molar refractivity (Wildman–Crippen MR) is 45.5 cm³/mol. The third-order valence-electron chi connectivity index (χ3n) is 1.54. The highest BCUT2D eigenvalue weighted by Crippen LogP contribution is 2.07. The van der Waals surface area contributed by atoms with E-state index in [4.69, 9.17) is 5.73 Å². The van der Waals surface area contributed by atoms with Gasteiger partial charge < -0.3 is 10.3 Å². The van der Waals surface area contributed by atoms with Crippen LogP contribution in [0, 0.1) is 0 Å². The summed E-state index contributed by atoms with van der Waals surface area (Å²) in [7, 11) is 0. The second-order valence-electron chi connectivity index (χ2n) is 2.79. The fraction of sp³-hybridized carbons (Fsp3) is 0.375. The van der Waals surface area contributed by atoms with Crippen LogP contribution >= 0.6 is 0 Å². The summed E-state index contributed by atoms with van der Waals surface area (Å²) in [5, 5.41) is 0. The van der Waals surface area contributed by atoms with Crippen molar-refractivity contribution in [1.82, 2.24) is 4.57 Å². The molecule has 60 valence electrons. The van der Waals surface area contributed by atoms with Crippen molar-refractivity contribution in [3.63, 3.8) is 0 Å². The fourth-order valence-electron chi connectivity index (χ4n) is 0.979. The van der Waals surface area contributed by atoms with E-state index in [0.717, 1.165) is 0 Å². The van der Waals surface area contributed by atoms with Gasteiger partial charge in [0.2, 0.25) is 0 Å². The highest BCUT2D eigenvalue weighted by Gasteiger charge is 1.98. The van der Waals surface area contributed by atoms with Crippen LogP contribution in [0.2, 0.25) is 0 Å². The second kappa shape index (κ2) is 2.78. The standard InChI is InChI=1S/C8H12N2O/c1-6(2)10-4-3-7(11)5-8(10)9/h3-6H,9H2,1-2H3. The van der Waals surface area contributed by atoms with Gasteiger partial charge in [-0.15, -0.1) is 0 Å². The van der Waals surface area contributed by atoms with Crippen LogP contribution in [0.5, 0.6) is 0 Å². The van der Waals surface area contributed by atoms with Gasteiger partial charge in [-0.25, -0.2) is 0 Å². The number of nitrogens with two attached hydrogens (primary N) is 1. The van der Waals surface area contributed by atoms with Crippen LogP contribution in [0.15, 0.2) is 23.1 Å². The van der Waals surface area contributed by atoms with Gasteiger partial charge >= 0.3 is 0 Å². The molecule has 1 aromatic heterocycles. The zero-order valence-corrected chi connectivity index (χ0v) is 6.74. The Labute approximate surface area is 65.5 Å². The third kappa shape index (κ3) is 1.61. The molecule has 0 saturated carbocycles. The molecule has 0 unspecified atom stereocenters. The average molecular weight is 152 g/mol. The monoisotopic (exact) mass is 152 g/mol. The van der Waals surface area contributed by atoms with Crippen LogP contribution in [-0.2, 0) is 0 Å². The van der Waals surface area contributed by atoms with Crippen molar-refractivity contribution >= 4 is 5.82 Å². The highest BCUT2D eigenvalue weighted by atomic mass is 16.1. The first-order valence-corrected chi connectivity index (χ1v) is 3.59. The maximum atomic E-state index is 10.8. The molecule has 0 aliphatic rings. The smallest absolute Gasteiger partial charge is 0.183 e. The van der Waals surface area contributed by atoms with Crippen molar-refractivity contribution in [3.8, 4) is 0 Å². The number of hydrogen-bond donors (Lipinski definition) is 1. The Balaban J connectivity index is 3.20. The normalized spacial score (nSPS) is 10.5. The zero-order chi connectivity index (χ0) is 8.43. The molecule has 0 atom stereocenters. The Hall–Kier alpha value is -1.25. The quantitative estimate of drug-likeness (QED) is 0.652. The summed E-state index contributed by atoms with van der Waals surface area (Å²) >= 11 is 0. The van der Waals surface area contributed by atoms with Crippen LogP contribution in [0.1, 0.15) is 19.9 Å². The van der Waals surface area contributed by atoms with E-state index in [2.05, 4.69) is 0 Å². The van der Waals surface area contributed by atoms with Crippen LogP contribution < -0.4 is 11.2 Å². The Bertz CT molecular complexity index is 301. The van der Waals surface area contributed by atoms with Crippen molar-refractivity contribution in [2.24, 2.45) is 0 Å². The molecule has 0 aliphatic carbocycles. The van der Waals surface area contributed by atoms with Gasteiger partial charge in [0.25, 0.3) is 0 Å². The van der Waals surface area contributed by atoms with E-state index in [0.29, 0.717) is 11.9 Å². The topological polar surface area (TPSA) is 48.0 Å². The summed E-state index contributed by atoms with van der Waals surface area (Å²) in [6.07, 6.45) is 1.71. The van der Waals surface area contributed by atoms with Crippen LogP contribution in [0.3, 0.4) is 0 Å². The molecule has 0 fully saturated rings. The average Bonchev–Trinajstić information content (AvgIpc) is 1.85. The molecular weight excluding hydrogens is 140 g/mol. The molecule has 0 saturated heterocycles. The van der Waals surface area contributed by atoms with E-state index < -0.39 is 0 Å². The molecule has 3 nitrogen and oxygen atoms in total. The van der Waals surface area contributed by atoms with Crippen molar-refractivity contribution < 1.29 is 0 Å². The van der Waals surface area contributed by atoms with Crippen molar-refractivity contribution in [1.29, 1.82) is 0 Å². The van der Waals surface area contributed by atoms with Crippen molar-refractivity contribution in [2.45, 2.75) is 19.9 Å². The van der Waals surface area contributed by atoms with Crippen LogP contribution in [0.4, 0.5) is 5.82 Å². The van der Waals surface area contributed by atoms with E-state index in [-0.39, 0.29) is 5.43 Å². The lowest BCUT2D eigenvalue weighted by Gasteiger charge is -2.12. The Morgan fingerprint density at radius 2 is 2.18 bits per heavy atom. The minimum absolute atomic E-state index is 0.0422. The van der Waals surface area contributed by atoms with Gasteiger partial charge in [-0.1, -0.05) is 0 Å². The first-order valence-electron chi connectivity index (χ1n) is 3.59. The molecule has 3 heteroatoms. The minimum Gasteiger partial charge on any atom is -0.385 e. The largest absolute Gasteiger partial charge is 0.385 e. The van der Waals surface area contributed by atoms with E-state index >= 15 is 0 Å². The molecule has 1 aromatic rings. The summed E-state index contributed by atoms with van der Waals surface area (Å²) in [6, 6.07) is 3.24. The molecule has 0 aliphatic heterocycles. The van der Waals surface area contributed by atoms with E-state index in [1.807, 2.05) is 18.4 Å². The Morgan fingerprint density at radius 3 is 2.64 bits per heavy atom. The van der Waals surface area contributed by atoms with Crippen LogP contribution in [-0.4, -0.2) is 4.57 Å². The number of pyridine rings is 1. The van der Waals surface area contributed by atoms with E-state index in [9.17, 15) is 4.79 Å². The molecular formula is C8H12N2O. The Kier molecular flexibility index (Phi) is 1.98. The van der Waals surface area contributed by atoms with E-state index in [1.165, 1.54) is 12.1 Å². The third-order valence-corrected chi connectivity index (χ3v) is 1.54. The summed E-state index contributed by atoms with van der Waals surface area (Å²) in [4.78, 5) is 10.8. The van der Waals surface area contributed by atoms with Gasteiger partial charge in [-0.3, -0.25) is 4.79 Å². The SMILES string of the molecule is CC(C)n1ccc(=O)cc1N. The van der Waals surface area contributed by atoms with Gasteiger partial charge in [-0.05, 0) is 13.8 Å². The van der Waals surface area contributed by atoms with E-state index in [1.54, 1.807) is 6.20 Å². The predicted octanol–water partition coefficient (Wildman–Crippen LogP) is 1.01. The molecule has 0 amide bonds. The minimum atomic E-state index is -0.0422. The summed E-state index contributed by atoms with van der Waals surface area (Å²) in [5.74, 6) is 0.521. The van der Waals surface area contributed by atoms with Gasteiger partial charge in [0, 0.05) is 24.4 Å². The highest BCUT2D eigenvalue weighted by molar-refractivity contribution is 5.28. The molecule has 0 radical (unpaired) electrons. The molecule has 0 aromatic carbocycles. The lowest BCUT2D eigenvalue weighted by Crippen LogP contribution is -2.11. The Morgan fingerprint density at radius 1 is 1.55 bits per heavy atom. The molecule has 0 spiro atoms. The maximum Gasteiger partial charge on any atom is 0.183 e. The van der Waals surface area contributed by atoms with Gasteiger partial charge in [0.15, 0.2) is 5.43 Å². The number of hydrogen-bond acceptors (Lipinski definition) is 2. The lowest BCUT2D eigenvalue weighted by atomic mass is 10.3. The van der Waals surface area contributed by atoms with Gasteiger partial charge in [0.05, 0.1) is 0 Å². The zero-order valence-electron chi connectivity index (χ0n) is 6.74. The number of nitrogens with zero attached hydrogens (tertiary/aromatic N) is 1. The molecule has 1 rings (SSSR count). The molecule has 0 bridgehead atoms.